The third-order valence-corrected chi connectivity index (χ3v) is 5.47. The molecule has 0 heterocycles. The standard InChI is InChI=1S/C19H26O2/c1-21-19(13-6-2-3-7-14-19)18(20)17-12-5-4-11-16(17)15-9-8-10-15/h4-5,11-12,15H,2-3,6-10,13-14H2,1H3. The van der Waals surface area contributed by atoms with Crippen LogP contribution in [0.1, 0.15) is 79.6 Å². The van der Waals surface area contributed by atoms with Gasteiger partial charge in [0.25, 0.3) is 0 Å². The van der Waals surface area contributed by atoms with Crippen molar-refractivity contribution in [2.24, 2.45) is 0 Å². The molecule has 2 aliphatic carbocycles. The van der Waals surface area contributed by atoms with Crippen molar-refractivity contribution < 1.29 is 9.53 Å². The van der Waals surface area contributed by atoms with Gasteiger partial charge < -0.3 is 4.74 Å². The van der Waals surface area contributed by atoms with Crippen molar-refractivity contribution in [3.8, 4) is 0 Å². The highest BCUT2D eigenvalue weighted by molar-refractivity contribution is 6.03. The van der Waals surface area contributed by atoms with E-state index >= 15 is 0 Å². The number of carbonyl (C=O) groups excluding carboxylic acids is 1. The molecule has 2 heteroatoms. The third-order valence-electron chi connectivity index (χ3n) is 5.47. The fraction of sp³-hybridized carbons (Fsp3) is 0.632. The van der Waals surface area contributed by atoms with Gasteiger partial charge in [-0.15, -0.1) is 0 Å². The molecule has 0 atom stereocenters. The van der Waals surface area contributed by atoms with E-state index in [1.165, 1.54) is 37.7 Å². The molecule has 1 aromatic rings. The fourth-order valence-corrected chi connectivity index (χ4v) is 3.85. The minimum Gasteiger partial charge on any atom is -0.370 e. The number of methoxy groups -OCH3 is 1. The van der Waals surface area contributed by atoms with Gasteiger partial charge in [-0.1, -0.05) is 56.4 Å². The molecule has 2 aliphatic rings. The highest BCUT2D eigenvalue weighted by atomic mass is 16.5. The highest BCUT2D eigenvalue weighted by Gasteiger charge is 2.40. The van der Waals surface area contributed by atoms with Gasteiger partial charge in [0.15, 0.2) is 5.78 Å². The van der Waals surface area contributed by atoms with Crippen LogP contribution >= 0.6 is 0 Å². The van der Waals surface area contributed by atoms with Crippen molar-refractivity contribution in [2.45, 2.75) is 69.3 Å². The average molecular weight is 286 g/mol. The van der Waals surface area contributed by atoms with E-state index in [-0.39, 0.29) is 5.78 Å². The molecule has 0 N–H and O–H groups in total. The molecule has 0 aliphatic heterocycles. The maximum Gasteiger partial charge on any atom is 0.194 e. The van der Waals surface area contributed by atoms with Crippen molar-refractivity contribution in [2.75, 3.05) is 7.11 Å². The Morgan fingerprint density at radius 3 is 2.29 bits per heavy atom. The lowest BCUT2D eigenvalue weighted by molar-refractivity contribution is -0.00706. The SMILES string of the molecule is COC1(C(=O)c2ccccc2C2CCC2)CCCCCC1. The number of hydrogen-bond donors (Lipinski definition) is 0. The first-order chi connectivity index (χ1) is 10.3. The predicted molar refractivity (Wildman–Crippen MR) is 84.8 cm³/mol. The molecule has 0 aromatic heterocycles. The Bertz CT molecular complexity index is 494. The number of ketones is 1. The Hall–Kier alpha value is -1.15. The smallest absolute Gasteiger partial charge is 0.194 e. The van der Waals surface area contributed by atoms with Crippen LogP contribution in [0.5, 0.6) is 0 Å². The summed E-state index contributed by atoms with van der Waals surface area (Å²) in [6.07, 6.45) is 10.2. The quantitative estimate of drug-likeness (QED) is 0.582. The first kappa shape index (κ1) is 14.8. The average Bonchev–Trinajstić information content (AvgIpc) is 2.72. The van der Waals surface area contributed by atoms with Crippen molar-refractivity contribution in [3.63, 3.8) is 0 Å². The summed E-state index contributed by atoms with van der Waals surface area (Å²) in [7, 11) is 1.72. The molecular weight excluding hydrogens is 260 g/mol. The van der Waals surface area contributed by atoms with Gasteiger partial charge in [0.1, 0.15) is 5.60 Å². The van der Waals surface area contributed by atoms with Crippen LogP contribution < -0.4 is 0 Å². The van der Waals surface area contributed by atoms with Crippen LogP contribution in [0.3, 0.4) is 0 Å². The van der Waals surface area contributed by atoms with Gasteiger partial charge in [-0.05, 0) is 37.2 Å². The first-order valence-electron chi connectivity index (χ1n) is 8.46. The summed E-state index contributed by atoms with van der Waals surface area (Å²) in [5, 5.41) is 0. The molecule has 0 radical (unpaired) electrons. The monoisotopic (exact) mass is 286 g/mol. The van der Waals surface area contributed by atoms with Crippen molar-refractivity contribution in [3.05, 3.63) is 35.4 Å². The van der Waals surface area contributed by atoms with E-state index < -0.39 is 5.60 Å². The van der Waals surface area contributed by atoms with Crippen molar-refractivity contribution in [1.82, 2.24) is 0 Å². The van der Waals surface area contributed by atoms with Crippen LogP contribution in [-0.2, 0) is 4.74 Å². The Morgan fingerprint density at radius 2 is 1.71 bits per heavy atom. The number of rotatable bonds is 4. The van der Waals surface area contributed by atoms with E-state index in [0.717, 1.165) is 31.2 Å². The zero-order valence-electron chi connectivity index (χ0n) is 13.1. The number of carbonyl (C=O) groups is 1. The zero-order valence-corrected chi connectivity index (χ0v) is 13.1. The molecule has 2 fully saturated rings. The number of benzene rings is 1. The Balaban J connectivity index is 1.92. The summed E-state index contributed by atoms with van der Waals surface area (Å²) in [5.41, 5.74) is 1.61. The summed E-state index contributed by atoms with van der Waals surface area (Å²) in [6, 6.07) is 8.23. The number of hydrogen-bond acceptors (Lipinski definition) is 2. The zero-order chi connectivity index (χ0) is 14.7. The molecule has 1 aromatic carbocycles. The summed E-state index contributed by atoms with van der Waals surface area (Å²) < 4.78 is 5.81. The lowest BCUT2D eigenvalue weighted by Crippen LogP contribution is -2.41. The van der Waals surface area contributed by atoms with E-state index in [4.69, 9.17) is 4.74 Å². The van der Waals surface area contributed by atoms with Crippen LogP contribution in [0.25, 0.3) is 0 Å². The van der Waals surface area contributed by atoms with Crippen LogP contribution in [0.4, 0.5) is 0 Å². The summed E-state index contributed by atoms with van der Waals surface area (Å²) in [5.74, 6) is 0.819. The van der Waals surface area contributed by atoms with Gasteiger partial charge in [-0.2, -0.15) is 0 Å². The molecule has 0 amide bonds. The first-order valence-corrected chi connectivity index (χ1v) is 8.46. The molecular formula is C19H26O2. The summed E-state index contributed by atoms with van der Waals surface area (Å²) in [6.45, 7) is 0. The lowest BCUT2D eigenvalue weighted by Gasteiger charge is -2.33. The highest BCUT2D eigenvalue weighted by Crippen LogP contribution is 2.40. The molecule has 21 heavy (non-hydrogen) atoms. The molecule has 114 valence electrons. The molecule has 2 nitrogen and oxygen atoms in total. The molecule has 0 bridgehead atoms. The predicted octanol–water partition coefficient (Wildman–Crippen LogP) is 4.88. The van der Waals surface area contributed by atoms with Gasteiger partial charge in [0.2, 0.25) is 0 Å². The van der Waals surface area contributed by atoms with E-state index in [1.54, 1.807) is 7.11 Å². The second-order valence-electron chi connectivity index (χ2n) is 6.66. The van der Waals surface area contributed by atoms with Crippen LogP contribution in [-0.4, -0.2) is 18.5 Å². The number of ether oxygens (including phenoxy) is 1. The topological polar surface area (TPSA) is 26.3 Å². The van der Waals surface area contributed by atoms with Crippen molar-refractivity contribution in [1.29, 1.82) is 0 Å². The van der Waals surface area contributed by atoms with Crippen LogP contribution in [0.15, 0.2) is 24.3 Å². The van der Waals surface area contributed by atoms with Gasteiger partial charge in [-0.25, -0.2) is 0 Å². The molecule has 3 rings (SSSR count). The Labute approximate surface area is 127 Å². The van der Waals surface area contributed by atoms with E-state index in [2.05, 4.69) is 12.1 Å². The Kier molecular flexibility index (Phi) is 4.44. The molecule has 0 spiro atoms. The normalized spacial score (nSPS) is 22.3. The van der Waals surface area contributed by atoms with Gasteiger partial charge >= 0.3 is 0 Å². The maximum absolute atomic E-state index is 13.2. The largest absolute Gasteiger partial charge is 0.370 e. The Morgan fingerprint density at radius 1 is 1.05 bits per heavy atom. The molecule has 0 unspecified atom stereocenters. The second-order valence-corrected chi connectivity index (χ2v) is 6.66. The molecule has 0 saturated heterocycles. The summed E-state index contributed by atoms with van der Waals surface area (Å²) >= 11 is 0. The van der Waals surface area contributed by atoms with E-state index in [1.807, 2.05) is 12.1 Å². The molecule has 2 saturated carbocycles. The maximum atomic E-state index is 13.2. The van der Waals surface area contributed by atoms with Crippen LogP contribution in [0.2, 0.25) is 0 Å². The minimum absolute atomic E-state index is 0.231. The van der Waals surface area contributed by atoms with Crippen LogP contribution in [0, 0.1) is 0 Å². The summed E-state index contributed by atoms with van der Waals surface area (Å²) in [4.78, 5) is 13.2. The van der Waals surface area contributed by atoms with Gasteiger partial charge in [0, 0.05) is 12.7 Å². The van der Waals surface area contributed by atoms with Gasteiger partial charge in [-0.3, -0.25) is 4.79 Å². The van der Waals surface area contributed by atoms with Gasteiger partial charge in [0.05, 0.1) is 0 Å². The van der Waals surface area contributed by atoms with Crippen molar-refractivity contribution >= 4 is 5.78 Å². The minimum atomic E-state index is -0.573. The van der Waals surface area contributed by atoms with E-state index in [9.17, 15) is 4.79 Å². The second kappa shape index (κ2) is 6.31. The third kappa shape index (κ3) is 2.78. The van der Waals surface area contributed by atoms with E-state index in [0.29, 0.717) is 5.92 Å². The number of Topliss-reactive ketones (excluding diaryl/α,β-unsaturated/α-hetero) is 1. The lowest BCUT2D eigenvalue weighted by atomic mass is 9.75. The fourth-order valence-electron chi connectivity index (χ4n) is 3.85.